The number of hydrogen-bond donors (Lipinski definition) is 2. The Balaban J connectivity index is 1.99. The molecule has 2 aromatic rings. The normalized spacial score (nSPS) is 20.4. The maximum atomic E-state index is 9.79. The molecule has 1 fully saturated rings. The van der Waals surface area contributed by atoms with Gasteiger partial charge in [0.2, 0.25) is 0 Å². The van der Waals surface area contributed by atoms with Crippen molar-refractivity contribution in [1.82, 2.24) is 4.98 Å². The molecule has 0 bridgehead atoms. The first-order chi connectivity index (χ1) is 10.7. The summed E-state index contributed by atoms with van der Waals surface area (Å²) in [5.41, 5.74) is 7.32. The molecule has 0 spiro atoms. The Kier molecular flexibility index (Phi) is 4.00. The summed E-state index contributed by atoms with van der Waals surface area (Å²) in [6.45, 7) is 7.81. The molecule has 5 nitrogen and oxygen atoms in total. The van der Waals surface area contributed by atoms with E-state index in [1.165, 1.54) is 11.3 Å². The Morgan fingerprint density at radius 2 is 1.96 bits per heavy atom. The molecule has 1 aromatic heterocycles. The molecule has 7 heteroatoms. The highest BCUT2D eigenvalue weighted by Crippen LogP contribution is 2.39. The van der Waals surface area contributed by atoms with Crippen molar-refractivity contribution in [2.75, 3.05) is 12.3 Å². The second kappa shape index (κ2) is 5.59. The summed E-state index contributed by atoms with van der Waals surface area (Å²) in [7, 11) is -0.573. The Bertz CT molecular complexity index is 754. The summed E-state index contributed by atoms with van der Waals surface area (Å²) in [6, 6.07) is 5.88. The van der Waals surface area contributed by atoms with Gasteiger partial charge in [0.05, 0.1) is 28.0 Å². The predicted molar refractivity (Wildman–Crippen MR) is 95.2 cm³/mol. The number of nitrogens with two attached hydrogens (primary N) is 1. The number of aliphatic hydroxyl groups excluding tert-OH is 1. The lowest BCUT2D eigenvalue weighted by Crippen LogP contribution is -2.41. The van der Waals surface area contributed by atoms with Gasteiger partial charge in [0, 0.05) is 5.56 Å². The highest BCUT2D eigenvalue weighted by atomic mass is 32.1. The van der Waals surface area contributed by atoms with E-state index in [1.54, 1.807) is 0 Å². The van der Waals surface area contributed by atoms with Crippen LogP contribution in [-0.2, 0) is 9.31 Å². The number of hydrogen-bond acceptors (Lipinski definition) is 6. The van der Waals surface area contributed by atoms with Gasteiger partial charge < -0.3 is 20.1 Å². The quantitative estimate of drug-likeness (QED) is 0.845. The van der Waals surface area contributed by atoms with E-state index in [4.69, 9.17) is 15.0 Å². The smallest absolute Gasteiger partial charge is 0.400 e. The number of aliphatic hydroxyl groups is 1. The average molecular weight is 332 g/mol. The van der Waals surface area contributed by atoms with E-state index < -0.39 is 18.3 Å². The number of benzene rings is 1. The van der Waals surface area contributed by atoms with E-state index in [2.05, 4.69) is 4.98 Å². The highest BCUT2D eigenvalue weighted by molar-refractivity contribution is 7.22. The molecule has 1 aromatic carbocycles. The summed E-state index contributed by atoms with van der Waals surface area (Å²) in [5, 5.41) is 10.3. The molecule has 1 aliphatic rings. The van der Waals surface area contributed by atoms with Gasteiger partial charge in [-0.15, -0.1) is 0 Å². The molecule has 1 saturated heterocycles. The fourth-order valence-corrected chi connectivity index (χ4v) is 3.25. The van der Waals surface area contributed by atoms with Crippen molar-refractivity contribution >= 4 is 39.9 Å². The van der Waals surface area contributed by atoms with Crippen LogP contribution in [0.5, 0.6) is 0 Å². The number of fused-ring (bicyclic) bond motifs is 1. The lowest BCUT2D eigenvalue weighted by Gasteiger charge is -2.32. The van der Waals surface area contributed by atoms with Crippen LogP contribution >= 0.6 is 11.3 Å². The van der Waals surface area contributed by atoms with Gasteiger partial charge in [0.25, 0.3) is 0 Å². The van der Waals surface area contributed by atoms with Gasteiger partial charge in [-0.25, -0.2) is 4.98 Å². The zero-order valence-electron chi connectivity index (χ0n) is 13.8. The van der Waals surface area contributed by atoms with Gasteiger partial charge in [-0.05, 0) is 39.2 Å². The molecular formula is C16H21BN2O3S. The predicted octanol–water partition coefficient (Wildman–Crippen LogP) is 2.89. The Hall–Kier alpha value is -1.41. The van der Waals surface area contributed by atoms with Crippen molar-refractivity contribution in [3.8, 4) is 0 Å². The largest absolute Gasteiger partial charge is 0.492 e. The van der Waals surface area contributed by atoms with Gasteiger partial charge >= 0.3 is 7.12 Å². The second-order valence-corrected chi connectivity index (χ2v) is 7.77. The van der Waals surface area contributed by atoms with E-state index in [0.717, 1.165) is 15.8 Å². The molecular weight excluding hydrogens is 311 g/mol. The first kappa shape index (κ1) is 16.5. The second-order valence-electron chi connectivity index (χ2n) is 6.71. The van der Waals surface area contributed by atoms with E-state index in [9.17, 15) is 5.11 Å². The molecule has 1 aliphatic heterocycles. The van der Waals surface area contributed by atoms with Crippen LogP contribution in [0.15, 0.2) is 23.7 Å². The summed E-state index contributed by atoms with van der Waals surface area (Å²) in [5.74, 6) is 0. The Morgan fingerprint density at radius 1 is 1.30 bits per heavy atom. The van der Waals surface area contributed by atoms with Crippen molar-refractivity contribution in [1.29, 1.82) is 0 Å². The van der Waals surface area contributed by atoms with E-state index in [1.807, 2.05) is 52.0 Å². The van der Waals surface area contributed by atoms with Gasteiger partial charge in [-0.2, -0.15) is 0 Å². The van der Waals surface area contributed by atoms with Crippen molar-refractivity contribution in [3.63, 3.8) is 0 Å². The maximum absolute atomic E-state index is 9.79. The third-order valence-electron chi connectivity index (χ3n) is 4.55. The fraction of sp³-hybridized carbons (Fsp3) is 0.438. The topological polar surface area (TPSA) is 77.6 Å². The Labute approximate surface area is 140 Å². The number of para-hydroxylation sites is 1. The number of nitrogen functional groups attached to an aromatic ring is 1. The molecule has 122 valence electrons. The van der Waals surface area contributed by atoms with Crippen molar-refractivity contribution < 1.29 is 14.4 Å². The Morgan fingerprint density at radius 3 is 2.57 bits per heavy atom. The molecule has 0 aliphatic carbocycles. The van der Waals surface area contributed by atoms with Crippen LogP contribution in [0.25, 0.3) is 16.3 Å². The summed E-state index contributed by atoms with van der Waals surface area (Å²) >= 11 is 1.45. The van der Waals surface area contributed by atoms with Gasteiger partial charge in [-0.3, -0.25) is 0 Å². The zero-order valence-corrected chi connectivity index (χ0v) is 14.6. The molecule has 0 amide bonds. The first-order valence-corrected chi connectivity index (χ1v) is 8.37. The minimum Gasteiger partial charge on any atom is -0.400 e. The lowest BCUT2D eigenvalue weighted by molar-refractivity contribution is 0.00578. The molecule has 0 atom stereocenters. The van der Waals surface area contributed by atoms with Crippen LogP contribution in [0.1, 0.15) is 33.3 Å². The molecule has 3 N–H and O–H groups in total. The first-order valence-electron chi connectivity index (χ1n) is 7.55. The minimum absolute atomic E-state index is 0.146. The van der Waals surface area contributed by atoms with Crippen molar-refractivity contribution in [2.45, 2.75) is 38.9 Å². The molecule has 0 saturated carbocycles. The lowest BCUT2D eigenvalue weighted by atomic mass is 9.77. The number of anilines is 1. The molecule has 23 heavy (non-hydrogen) atoms. The summed E-state index contributed by atoms with van der Waals surface area (Å²) in [6.07, 6.45) is 1.88. The molecule has 0 radical (unpaired) electrons. The van der Waals surface area contributed by atoms with E-state index in [-0.39, 0.29) is 6.61 Å². The summed E-state index contributed by atoms with van der Waals surface area (Å²) in [4.78, 5) is 4.37. The number of aromatic nitrogens is 1. The number of nitrogens with zero attached hydrogens (tertiary/aromatic N) is 1. The maximum Gasteiger partial charge on any atom is 0.492 e. The zero-order chi connectivity index (χ0) is 16.8. The number of thiazole rings is 1. The van der Waals surface area contributed by atoms with Crippen LogP contribution in [0.4, 0.5) is 5.13 Å². The van der Waals surface area contributed by atoms with Gasteiger partial charge in [0.1, 0.15) is 0 Å². The van der Waals surface area contributed by atoms with E-state index in [0.29, 0.717) is 10.6 Å². The summed E-state index contributed by atoms with van der Waals surface area (Å²) < 4.78 is 13.0. The fourth-order valence-electron chi connectivity index (χ4n) is 2.49. The molecule has 3 rings (SSSR count). The van der Waals surface area contributed by atoms with Gasteiger partial charge in [-0.1, -0.05) is 29.5 Å². The molecule has 0 unspecified atom stereocenters. The minimum atomic E-state index is -0.573. The van der Waals surface area contributed by atoms with Crippen LogP contribution in [0.3, 0.4) is 0 Å². The monoisotopic (exact) mass is 332 g/mol. The third-order valence-corrected chi connectivity index (χ3v) is 5.40. The van der Waals surface area contributed by atoms with E-state index >= 15 is 0 Å². The van der Waals surface area contributed by atoms with Crippen LogP contribution in [-0.4, -0.2) is 35.0 Å². The van der Waals surface area contributed by atoms with Crippen LogP contribution in [0.2, 0.25) is 0 Å². The SMILES string of the molecule is CC1(C)OB(C(=Cc2cccc3sc(N)nc23)CO)OC1(C)C. The van der Waals surface area contributed by atoms with Crippen LogP contribution in [0, 0.1) is 0 Å². The third kappa shape index (κ3) is 2.90. The highest BCUT2D eigenvalue weighted by Gasteiger charge is 2.52. The molecule has 2 heterocycles. The van der Waals surface area contributed by atoms with Gasteiger partial charge in [0.15, 0.2) is 5.13 Å². The van der Waals surface area contributed by atoms with Crippen LogP contribution < -0.4 is 5.73 Å². The average Bonchev–Trinajstić information content (AvgIpc) is 2.93. The van der Waals surface area contributed by atoms with Crippen molar-refractivity contribution in [2.24, 2.45) is 0 Å². The van der Waals surface area contributed by atoms with Crippen molar-refractivity contribution in [3.05, 3.63) is 29.2 Å². The number of rotatable bonds is 3. The standard InChI is InChI=1S/C16H21BN2O3S/c1-15(2)16(3,4)22-17(21-15)11(9-20)8-10-6-5-7-12-13(10)19-14(18)23-12/h5-8,20H,9H2,1-4H3,(H2,18,19).